The maximum atomic E-state index is 5.35. The minimum atomic E-state index is 0.864. The summed E-state index contributed by atoms with van der Waals surface area (Å²) in [4.78, 5) is 15.5. The third-order valence-electron chi connectivity index (χ3n) is 9.51. The van der Waals surface area contributed by atoms with E-state index < -0.39 is 0 Å². The first kappa shape index (κ1) is 25.9. The molecule has 0 spiro atoms. The molecule has 5 nitrogen and oxygen atoms in total. The van der Waals surface area contributed by atoms with Crippen LogP contribution in [0.25, 0.3) is 88.5 Å². The predicted octanol–water partition coefficient (Wildman–Crippen LogP) is 10.3. The number of pyridine rings is 4. The fourth-order valence-electron chi connectivity index (χ4n) is 7.32. The molecule has 0 aliphatic rings. The second kappa shape index (κ2) is 9.83. The van der Waals surface area contributed by atoms with Crippen molar-refractivity contribution in [3.63, 3.8) is 0 Å². The SMILES string of the molecule is Cc1c2c3ccccc3c(-c3cccc(-c4cccc(-c5nc6c(nc7ccccn76)c6ccccc56)c4)c3)nc2n2ccccc12. The first-order valence-electron chi connectivity index (χ1n) is 15.9. The van der Waals surface area contributed by atoms with E-state index >= 15 is 0 Å². The maximum Gasteiger partial charge on any atom is 0.165 e. The minimum Gasteiger partial charge on any atom is -0.301 e. The number of hydrogen-bond donors (Lipinski definition) is 0. The van der Waals surface area contributed by atoms with Crippen LogP contribution in [0.1, 0.15) is 5.56 Å². The topological polar surface area (TPSA) is 47.5 Å². The van der Waals surface area contributed by atoms with Gasteiger partial charge >= 0.3 is 0 Å². The van der Waals surface area contributed by atoms with Crippen molar-refractivity contribution in [3.8, 4) is 33.6 Å². The Morgan fingerprint density at radius 2 is 1.00 bits per heavy atom. The number of rotatable bonds is 3. The molecular formula is C42H27N5. The Hall–Kier alpha value is -6.33. The van der Waals surface area contributed by atoms with Crippen LogP contribution in [0.4, 0.5) is 0 Å². The lowest BCUT2D eigenvalue weighted by molar-refractivity contribution is 1.19. The summed E-state index contributed by atoms with van der Waals surface area (Å²) in [7, 11) is 0. The molecule has 220 valence electrons. The van der Waals surface area contributed by atoms with Crippen molar-refractivity contribution in [3.05, 3.63) is 151 Å². The summed E-state index contributed by atoms with van der Waals surface area (Å²) < 4.78 is 4.29. The Bertz CT molecular complexity index is 2880. The largest absolute Gasteiger partial charge is 0.301 e. The molecule has 47 heavy (non-hydrogen) atoms. The van der Waals surface area contributed by atoms with E-state index in [1.165, 1.54) is 21.9 Å². The Morgan fingerprint density at radius 3 is 1.72 bits per heavy atom. The molecule has 0 fully saturated rings. The van der Waals surface area contributed by atoms with Gasteiger partial charge in [-0.25, -0.2) is 15.0 Å². The first-order chi connectivity index (χ1) is 23.2. The third kappa shape index (κ3) is 3.80. The van der Waals surface area contributed by atoms with E-state index in [4.69, 9.17) is 15.0 Å². The highest BCUT2D eigenvalue weighted by molar-refractivity contribution is 6.14. The van der Waals surface area contributed by atoms with Gasteiger partial charge in [0.25, 0.3) is 0 Å². The summed E-state index contributed by atoms with van der Waals surface area (Å²) >= 11 is 0. The highest BCUT2D eigenvalue weighted by Gasteiger charge is 2.18. The van der Waals surface area contributed by atoms with E-state index in [1.807, 2.05) is 24.4 Å². The smallest absolute Gasteiger partial charge is 0.165 e. The van der Waals surface area contributed by atoms with Gasteiger partial charge in [0.15, 0.2) is 5.65 Å². The molecule has 0 aliphatic heterocycles. The van der Waals surface area contributed by atoms with Crippen LogP contribution in [0.3, 0.4) is 0 Å². The van der Waals surface area contributed by atoms with Crippen LogP contribution < -0.4 is 0 Å². The van der Waals surface area contributed by atoms with Crippen LogP contribution in [-0.2, 0) is 0 Å². The van der Waals surface area contributed by atoms with E-state index in [0.717, 1.165) is 72.3 Å². The molecule has 0 amide bonds. The molecule has 0 aliphatic carbocycles. The number of nitrogens with zero attached hydrogens (tertiary/aromatic N) is 5. The van der Waals surface area contributed by atoms with Crippen LogP contribution in [-0.4, -0.2) is 23.8 Å². The second-order valence-electron chi connectivity index (χ2n) is 12.2. The summed E-state index contributed by atoms with van der Waals surface area (Å²) in [5.74, 6) is 0. The minimum absolute atomic E-state index is 0.864. The number of aromatic nitrogens is 5. The number of benzene rings is 4. The third-order valence-corrected chi connectivity index (χ3v) is 9.51. The average molecular weight is 602 g/mol. The Balaban J connectivity index is 1.16. The zero-order valence-electron chi connectivity index (χ0n) is 25.6. The van der Waals surface area contributed by atoms with Gasteiger partial charge in [0.1, 0.15) is 16.8 Å². The van der Waals surface area contributed by atoms with Crippen molar-refractivity contribution < 1.29 is 0 Å². The molecule has 6 aromatic heterocycles. The fourth-order valence-corrected chi connectivity index (χ4v) is 7.32. The van der Waals surface area contributed by atoms with Gasteiger partial charge in [0.2, 0.25) is 0 Å². The zero-order valence-corrected chi connectivity index (χ0v) is 25.6. The molecular weight excluding hydrogens is 574 g/mol. The molecule has 0 N–H and O–H groups in total. The molecule has 4 aromatic carbocycles. The van der Waals surface area contributed by atoms with Crippen molar-refractivity contribution in [1.82, 2.24) is 23.8 Å². The quantitative estimate of drug-likeness (QED) is 0.202. The molecule has 0 atom stereocenters. The van der Waals surface area contributed by atoms with Gasteiger partial charge in [0.05, 0.1) is 16.9 Å². The second-order valence-corrected chi connectivity index (χ2v) is 12.2. The van der Waals surface area contributed by atoms with Gasteiger partial charge in [-0.05, 0) is 65.4 Å². The molecule has 0 bridgehead atoms. The van der Waals surface area contributed by atoms with Crippen LogP contribution in [0.15, 0.2) is 146 Å². The van der Waals surface area contributed by atoms with Gasteiger partial charge in [0, 0.05) is 45.1 Å². The molecule has 6 heterocycles. The van der Waals surface area contributed by atoms with Gasteiger partial charge in [-0.1, -0.05) is 97.1 Å². The Morgan fingerprint density at radius 1 is 0.447 bits per heavy atom. The molecule has 10 aromatic rings. The van der Waals surface area contributed by atoms with Gasteiger partial charge in [-0.3, -0.25) is 4.40 Å². The number of hydrogen-bond acceptors (Lipinski definition) is 3. The standard InChI is InChI=1S/C42H27N5/c1-26-35-20-6-8-22-46(35)41-37(26)31-16-2-3-17-32(31)38(44-41)29-14-10-12-27(24-29)28-13-11-15-30(25-28)39-33-18-4-5-19-34(33)40-42(45-39)47-23-9-7-21-36(47)43-40/h2-25H,1H3. The van der Waals surface area contributed by atoms with E-state index in [2.05, 4.69) is 137 Å². The fraction of sp³-hybridized carbons (Fsp3) is 0.0238. The van der Waals surface area contributed by atoms with Crippen molar-refractivity contribution in [1.29, 1.82) is 0 Å². The first-order valence-corrected chi connectivity index (χ1v) is 15.9. The molecule has 10 rings (SSSR count). The number of fused-ring (bicyclic) bond motifs is 10. The lowest BCUT2D eigenvalue weighted by Crippen LogP contribution is -1.93. The maximum absolute atomic E-state index is 5.35. The van der Waals surface area contributed by atoms with Gasteiger partial charge < -0.3 is 4.40 Å². The van der Waals surface area contributed by atoms with Crippen LogP contribution in [0.5, 0.6) is 0 Å². The van der Waals surface area contributed by atoms with E-state index in [0.29, 0.717) is 0 Å². The Kier molecular flexibility index (Phi) is 5.43. The van der Waals surface area contributed by atoms with Crippen LogP contribution in [0, 0.1) is 6.92 Å². The summed E-state index contributed by atoms with van der Waals surface area (Å²) in [6.07, 6.45) is 4.14. The average Bonchev–Trinajstić information content (AvgIpc) is 3.66. The van der Waals surface area contributed by atoms with E-state index in [1.54, 1.807) is 0 Å². The lowest BCUT2D eigenvalue weighted by atomic mass is 9.95. The van der Waals surface area contributed by atoms with Gasteiger partial charge in [-0.15, -0.1) is 0 Å². The van der Waals surface area contributed by atoms with Crippen molar-refractivity contribution in [2.75, 3.05) is 0 Å². The molecule has 0 unspecified atom stereocenters. The van der Waals surface area contributed by atoms with Crippen molar-refractivity contribution >= 4 is 54.9 Å². The summed E-state index contributed by atoms with van der Waals surface area (Å²) in [5, 5.41) is 5.78. The number of imidazole rings is 1. The van der Waals surface area contributed by atoms with E-state index in [9.17, 15) is 0 Å². The molecule has 0 saturated carbocycles. The van der Waals surface area contributed by atoms with Crippen LogP contribution in [0.2, 0.25) is 0 Å². The zero-order chi connectivity index (χ0) is 31.1. The predicted molar refractivity (Wildman–Crippen MR) is 193 cm³/mol. The highest BCUT2D eigenvalue weighted by Crippen LogP contribution is 2.38. The van der Waals surface area contributed by atoms with Gasteiger partial charge in [-0.2, -0.15) is 0 Å². The normalized spacial score (nSPS) is 11.9. The van der Waals surface area contributed by atoms with Crippen LogP contribution >= 0.6 is 0 Å². The summed E-state index contributed by atoms with van der Waals surface area (Å²) in [6, 6.07) is 46.9. The lowest BCUT2D eigenvalue weighted by Gasteiger charge is -2.12. The molecule has 0 radical (unpaired) electrons. The highest BCUT2D eigenvalue weighted by atomic mass is 15.1. The van der Waals surface area contributed by atoms with Crippen molar-refractivity contribution in [2.45, 2.75) is 6.92 Å². The molecule has 5 heteroatoms. The van der Waals surface area contributed by atoms with Crippen molar-refractivity contribution in [2.24, 2.45) is 0 Å². The summed E-state index contributed by atoms with van der Waals surface area (Å²) in [5.41, 5.74) is 12.5. The Labute approximate surface area is 270 Å². The van der Waals surface area contributed by atoms with E-state index in [-0.39, 0.29) is 0 Å². The summed E-state index contributed by atoms with van der Waals surface area (Å²) in [6.45, 7) is 2.20. The monoisotopic (exact) mass is 601 g/mol. The molecule has 0 saturated heterocycles. The number of aryl methyl sites for hydroxylation is 1.